The van der Waals surface area contributed by atoms with Gasteiger partial charge in [0.15, 0.2) is 0 Å². The third kappa shape index (κ3) is 10.8. The van der Waals surface area contributed by atoms with Crippen molar-refractivity contribution in [1.82, 2.24) is 25.3 Å². The van der Waals surface area contributed by atoms with E-state index in [0.29, 0.717) is 71.0 Å². The van der Waals surface area contributed by atoms with Gasteiger partial charge in [-0.1, -0.05) is 69.3 Å². The molecule has 340 valence electrons. The van der Waals surface area contributed by atoms with Gasteiger partial charge in [0.1, 0.15) is 17.9 Å². The number of nitrogens with zero attached hydrogens (tertiary/aromatic N) is 3. The van der Waals surface area contributed by atoms with E-state index in [2.05, 4.69) is 36.1 Å². The van der Waals surface area contributed by atoms with Crippen LogP contribution in [0.25, 0.3) is 11.1 Å². The zero-order valence-electron chi connectivity index (χ0n) is 37.8. The summed E-state index contributed by atoms with van der Waals surface area (Å²) in [5, 5.41) is 29.7. The Balaban J connectivity index is 1.32. The molecule has 0 spiro atoms. The summed E-state index contributed by atoms with van der Waals surface area (Å²) in [6.07, 6.45) is 2.07. The molecule has 9 atom stereocenters. The highest BCUT2D eigenvalue weighted by Crippen LogP contribution is 2.61. The molecule has 3 aromatic rings. The summed E-state index contributed by atoms with van der Waals surface area (Å²) in [5.74, 6) is 0.662. The topological polar surface area (TPSA) is 173 Å². The molecule has 0 radical (unpaired) electrons. The number of amides is 2. The molecule has 1 heterocycles. The summed E-state index contributed by atoms with van der Waals surface area (Å²) < 4.78 is 32.5. The summed E-state index contributed by atoms with van der Waals surface area (Å²) >= 11 is 0. The zero-order valence-corrected chi connectivity index (χ0v) is 38.6. The Labute approximate surface area is 368 Å². The highest BCUT2D eigenvalue weighted by molar-refractivity contribution is 7.88. The third-order valence-corrected chi connectivity index (χ3v) is 14.4. The number of para-hydroxylation sites is 1. The van der Waals surface area contributed by atoms with Crippen LogP contribution < -0.4 is 25.0 Å². The van der Waals surface area contributed by atoms with Gasteiger partial charge in [-0.2, -0.15) is 5.06 Å². The number of sulfonamides is 1. The normalized spacial score (nSPS) is 25.5. The highest BCUT2D eigenvalue weighted by atomic mass is 32.2. The number of carbonyl (C=O) groups is 2. The SMILES string of the molecule is COc1c(CN2O[C@@H](CO)[C@@H]([C@H](C)O)[C@H]2C(=O)NC2C[C@H]3CC([C@@H]2C)C3(C)C)cccc1-c1cc(C(=O)N[C@@H](Cc2ccccc2)CN(C)C)cc(N(C)CCNS(C)(=O)=O)c1. The maximum atomic E-state index is 14.4. The fourth-order valence-electron chi connectivity index (χ4n) is 10.2. The molecule has 1 saturated heterocycles. The van der Waals surface area contributed by atoms with E-state index in [4.69, 9.17) is 9.57 Å². The summed E-state index contributed by atoms with van der Waals surface area (Å²) in [6.45, 7) is 9.32. The van der Waals surface area contributed by atoms with Crippen molar-refractivity contribution in [3.63, 3.8) is 0 Å². The summed E-state index contributed by atoms with van der Waals surface area (Å²) in [6, 6.07) is 20.2. The average Bonchev–Trinajstić information content (AvgIpc) is 3.59. The minimum absolute atomic E-state index is 0.00252. The molecule has 0 aromatic heterocycles. The quantitative estimate of drug-likeness (QED) is 0.118. The van der Waals surface area contributed by atoms with Gasteiger partial charge in [-0.05, 0) is 92.8 Å². The number of aliphatic hydroxyl groups is 2. The Morgan fingerprint density at radius 2 is 1.77 bits per heavy atom. The fraction of sp³-hybridized carbons (Fsp3) is 0.574. The average molecular weight is 877 g/mol. The number of hydroxylamine groups is 2. The van der Waals surface area contributed by atoms with Crippen LogP contribution in [0, 0.1) is 29.1 Å². The zero-order chi connectivity index (χ0) is 45.1. The van der Waals surface area contributed by atoms with Crippen molar-refractivity contribution >= 4 is 27.5 Å². The predicted molar refractivity (Wildman–Crippen MR) is 242 cm³/mol. The molecule has 62 heavy (non-hydrogen) atoms. The Kier molecular flexibility index (Phi) is 15.1. The molecule has 7 rings (SSSR count). The number of hydrogen-bond donors (Lipinski definition) is 5. The number of ether oxygens (including phenoxy) is 1. The van der Waals surface area contributed by atoms with Crippen LogP contribution in [0.3, 0.4) is 0 Å². The van der Waals surface area contributed by atoms with Gasteiger partial charge in [-0.25, -0.2) is 13.1 Å². The van der Waals surface area contributed by atoms with Crippen LogP contribution >= 0.6 is 0 Å². The Hall–Kier alpha value is -4.09. The largest absolute Gasteiger partial charge is 0.496 e. The number of anilines is 1. The maximum absolute atomic E-state index is 14.4. The highest BCUT2D eigenvalue weighted by Gasteiger charge is 2.57. The van der Waals surface area contributed by atoms with Gasteiger partial charge >= 0.3 is 0 Å². The Morgan fingerprint density at radius 3 is 2.39 bits per heavy atom. The van der Waals surface area contributed by atoms with Gasteiger partial charge < -0.3 is 35.4 Å². The molecular weight excluding hydrogens is 809 g/mol. The van der Waals surface area contributed by atoms with Gasteiger partial charge in [0.25, 0.3) is 5.91 Å². The minimum atomic E-state index is -3.41. The molecule has 14 nitrogen and oxygen atoms in total. The second-order valence-electron chi connectivity index (χ2n) is 18.7. The first-order valence-electron chi connectivity index (χ1n) is 21.8. The standard InChI is InChI=1S/C47H68N6O8S/c1-29-39-24-35(47(39,3)4)25-40(29)50-46(57)43-42(30(2)55)41(28-54)61-53(43)26-32-16-13-17-38(44(32)60-8)33-21-34(23-37(22-33)52(7)19-18-48-62(9,58)59)45(56)49-36(27-51(5)6)20-31-14-11-10-12-15-31/h10-17,21-23,29-30,35-36,39-43,48,54-55H,18-20,24-28H2,1-9H3,(H,49,56)(H,50,57)/t29-,30-,35+,36-,39?,40?,41-,42+,43-/m0/s1. The third-order valence-electron chi connectivity index (χ3n) is 13.7. The number of rotatable bonds is 19. The van der Waals surface area contributed by atoms with Crippen molar-refractivity contribution in [2.75, 3.05) is 65.6 Å². The molecule has 1 aliphatic heterocycles. The lowest BCUT2D eigenvalue weighted by Gasteiger charge is -2.62. The van der Waals surface area contributed by atoms with Crippen molar-refractivity contribution in [2.45, 2.75) is 83.8 Å². The van der Waals surface area contributed by atoms with Crippen molar-refractivity contribution in [2.24, 2.45) is 29.1 Å². The first-order chi connectivity index (χ1) is 29.3. The molecule has 4 fully saturated rings. The number of aliphatic hydroxyl groups excluding tert-OH is 2. The van der Waals surface area contributed by atoms with E-state index in [1.807, 2.05) is 91.6 Å². The predicted octanol–water partition coefficient (Wildman–Crippen LogP) is 3.91. The molecule has 2 bridgehead atoms. The number of hydrogen-bond acceptors (Lipinski definition) is 11. The second-order valence-corrected chi connectivity index (χ2v) is 20.5. The Bertz CT molecular complexity index is 2140. The van der Waals surface area contributed by atoms with Gasteiger partial charge in [0.2, 0.25) is 15.9 Å². The second kappa shape index (κ2) is 19.7. The van der Waals surface area contributed by atoms with E-state index in [0.717, 1.165) is 18.2 Å². The summed E-state index contributed by atoms with van der Waals surface area (Å²) in [5.41, 5.74) is 4.50. The Morgan fingerprint density at radius 1 is 1.05 bits per heavy atom. The van der Waals surface area contributed by atoms with Crippen LogP contribution in [0.4, 0.5) is 5.69 Å². The number of nitrogens with one attached hydrogen (secondary N) is 3. The van der Waals surface area contributed by atoms with Crippen LogP contribution in [-0.2, 0) is 32.6 Å². The molecule has 4 aliphatic rings. The van der Waals surface area contributed by atoms with E-state index < -0.39 is 34.2 Å². The molecule has 5 N–H and O–H groups in total. The van der Waals surface area contributed by atoms with E-state index >= 15 is 0 Å². The van der Waals surface area contributed by atoms with E-state index in [-0.39, 0.29) is 49.0 Å². The first kappa shape index (κ1) is 47.4. The van der Waals surface area contributed by atoms with Crippen molar-refractivity contribution in [3.8, 4) is 16.9 Å². The number of benzene rings is 3. The molecular formula is C47H68N6O8S. The lowest BCUT2D eigenvalue weighted by atomic mass is 9.45. The van der Waals surface area contributed by atoms with Crippen molar-refractivity contribution in [1.29, 1.82) is 0 Å². The van der Waals surface area contributed by atoms with Crippen LogP contribution in [-0.4, -0.2) is 131 Å². The van der Waals surface area contributed by atoms with Gasteiger partial charge in [-0.15, -0.1) is 0 Å². The number of methoxy groups -OCH3 is 1. The van der Waals surface area contributed by atoms with Crippen molar-refractivity contribution in [3.05, 3.63) is 83.4 Å². The van der Waals surface area contributed by atoms with Crippen LogP contribution in [0.5, 0.6) is 5.75 Å². The summed E-state index contributed by atoms with van der Waals surface area (Å²) in [7, 11) is 3.93. The molecule has 2 amide bonds. The van der Waals surface area contributed by atoms with Gasteiger partial charge in [-0.3, -0.25) is 14.4 Å². The van der Waals surface area contributed by atoms with E-state index in [1.165, 1.54) is 6.42 Å². The number of fused-ring (bicyclic) bond motifs is 2. The van der Waals surface area contributed by atoms with Crippen LogP contribution in [0.15, 0.2) is 66.7 Å². The van der Waals surface area contributed by atoms with Crippen molar-refractivity contribution < 1.29 is 37.8 Å². The van der Waals surface area contributed by atoms with Gasteiger partial charge in [0, 0.05) is 67.1 Å². The fourth-order valence-corrected chi connectivity index (χ4v) is 10.7. The molecule has 15 heteroatoms. The van der Waals surface area contributed by atoms with Crippen LogP contribution in [0.1, 0.15) is 62.0 Å². The molecule has 3 saturated carbocycles. The lowest BCUT2D eigenvalue weighted by Crippen LogP contribution is -2.62. The minimum Gasteiger partial charge on any atom is -0.496 e. The van der Waals surface area contributed by atoms with Gasteiger partial charge in [0.05, 0.1) is 32.6 Å². The molecule has 3 aliphatic carbocycles. The monoisotopic (exact) mass is 876 g/mol. The van der Waals surface area contributed by atoms with E-state index in [9.17, 15) is 28.2 Å². The maximum Gasteiger partial charge on any atom is 0.251 e. The molecule has 3 aromatic carbocycles. The molecule has 2 unspecified atom stereocenters. The number of carbonyl (C=O) groups excluding carboxylic acids is 2. The summed E-state index contributed by atoms with van der Waals surface area (Å²) in [4.78, 5) is 38.9. The van der Waals surface area contributed by atoms with E-state index in [1.54, 1.807) is 25.2 Å². The van der Waals surface area contributed by atoms with Crippen LogP contribution in [0.2, 0.25) is 0 Å². The lowest BCUT2D eigenvalue weighted by molar-refractivity contribution is -0.183. The first-order valence-corrected chi connectivity index (χ1v) is 23.7. The number of likely N-dealkylation sites (N-methyl/N-ethyl adjacent to an activating group) is 2. The smallest absolute Gasteiger partial charge is 0.251 e.